The Hall–Kier alpha value is -0.810. The molecule has 1 rings (SSSR count). The van der Waals surface area contributed by atoms with Crippen LogP contribution in [-0.4, -0.2) is 28.9 Å². The smallest absolute Gasteiger partial charge is 0.165 e. The third-order valence-electron chi connectivity index (χ3n) is 1.48. The first kappa shape index (κ1) is 10.3. The van der Waals surface area contributed by atoms with Crippen LogP contribution < -0.4 is 0 Å². The molecule has 0 aliphatic rings. The predicted octanol–water partition coefficient (Wildman–Crippen LogP) is 0.859. The lowest BCUT2D eigenvalue weighted by Gasteiger charge is -1.93. The minimum Gasteiger partial charge on any atom is -0.377 e. The van der Waals surface area contributed by atoms with Crippen LogP contribution in [0.3, 0.4) is 0 Å². The van der Waals surface area contributed by atoms with Crippen molar-refractivity contribution in [3.8, 4) is 0 Å². The summed E-state index contributed by atoms with van der Waals surface area (Å²) in [5.41, 5.74) is 0. The van der Waals surface area contributed by atoms with Gasteiger partial charge in [0, 0.05) is 13.5 Å². The lowest BCUT2D eigenvalue weighted by Crippen LogP contribution is -2.09. The zero-order valence-corrected chi connectivity index (χ0v) is 8.56. The number of Topliss-reactive ketones (excluding diaryl/α,β-unsaturated/α-hetero) is 1. The molecule has 0 spiro atoms. The van der Waals surface area contributed by atoms with E-state index in [2.05, 4.69) is 9.36 Å². The van der Waals surface area contributed by atoms with Crippen molar-refractivity contribution in [2.24, 2.45) is 0 Å². The molecule has 4 nitrogen and oxygen atoms in total. The first-order valence-electron chi connectivity index (χ1n) is 4.08. The fourth-order valence-corrected chi connectivity index (χ4v) is 1.64. The molecular weight excluding hydrogens is 188 g/mol. The lowest BCUT2D eigenvalue weighted by atomic mass is 10.3. The number of aryl methyl sites for hydroxylation is 1. The lowest BCUT2D eigenvalue weighted by molar-refractivity contribution is -0.121. The van der Waals surface area contributed by atoms with Gasteiger partial charge < -0.3 is 4.74 Å². The molecule has 1 aromatic heterocycles. The third-order valence-corrected chi connectivity index (χ3v) is 2.23. The fraction of sp³-hybridized carbons (Fsp3) is 0.625. The van der Waals surface area contributed by atoms with E-state index in [-0.39, 0.29) is 12.4 Å². The maximum atomic E-state index is 11.1. The maximum absolute atomic E-state index is 11.1. The first-order chi connectivity index (χ1) is 6.26. The molecule has 0 saturated carbocycles. The summed E-state index contributed by atoms with van der Waals surface area (Å²) in [4.78, 5) is 15.3. The van der Waals surface area contributed by atoms with E-state index in [0.29, 0.717) is 6.42 Å². The van der Waals surface area contributed by atoms with E-state index in [1.54, 1.807) is 0 Å². The Morgan fingerprint density at radius 2 is 2.38 bits per heavy atom. The van der Waals surface area contributed by atoms with E-state index in [0.717, 1.165) is 17.3 Å². The van der Waals surface area contributed by atoms with Crippen molar-refractivity contribution in [3.05, 3.63) is 10.8 Å². The highest BCUT2D eigenvalue weighted by Crippen LogP contribution is 2.06. The molecule has 0 atom stereocenters. The largest absolute Gasteiger partial charge is 0.377 e. The van der Waals surface area contributed by atoms with Crippen LogP contribution in [0.5, 0.6) is 0 Å². The molecule has 0 fully saturated rings. The molecule has 0 N–H and O–H groups in total. The Labute approximate surface area is 81.1 Å². The minimum absolute atomic E-state index is 0.0429. The van der Waals surface area contributed by atoms with E-state index in [1.165, 1.54) is 18.6 Å². The summed E-state index contributed by atoms with van der Waals surface area (Å²) in [6.45, 7) is 2.14. The topological polar surface area (TPSA) is 52.1 Å². The van der Waals surface area contributed by atoms with Crippen LogP contribution in [0.25, 0.3) is 0 Å². The van der Waals surface area contributed by atoms with Gasteiger partial charge in [-0.15, -0.1) is 0 Å². The molecule has 0 aliphatic carbocycles. The van der Waals surface area contributed by atoms with Gasteiger partial charge in [0.05, 0.1) is 6.42 Å². The Morgan fingerprint density at radius 3 is 2.92 bits per heavy atom. The summed E-state index contributed by atoms with van der Waals surface area (Å²) in [6.07, 6.45) is 1.15. The van der Waals surface area contributed by atoms with Gasteiger partial charge in [0.1, 0.15) is 17.4 Å². The highest BCUT2D eigenvalue weighted by Gasteiger charge is 2.07. The number of carbonyl (C=O) groups excluding carboxylic acids is 1. The van der Waals surface area contributed by atoms with Crippen LogP contribution in [-0.2, 0) is 22.4 Å². The summed E-state index contributed by atoms with van der Waals surface area (Å²) < 4.78 is 8.80. The van der Waals surface area contributed by atoms with E-state index >= 15 is 0 Å². The van der Waals surface area contributed by atoms with Crippen molar-refractivity contribution < 1.29 is 9.53 Å². The molecular formula is C8H12N2O2S. The van der Waals surface area contributed by atoms with Gasteiger partial charge in [-0.2, -0.15) is 4.37 Å². The number of ether oxygens (including phenoxy) is 1. The number of nitrogens with zero attached hydrogens (tertiary/aromatic N) is 2. The molecule has 72 valence electrons. The van der Waals surface area contributed by atoms with E-state index in [9.17, 15) is 4.79 Å². The summed E-state index contributed by atoms with van der Waals surface area (Å²) in [5.74, 6) is 0.853. The first-order valence-corrected chi connectivity index (χ1v) is 4.85. The molecule has 0 amide bonds. The van der Waals surface area contributed by atoms with Crippen LogP contribution in [0.1, 0.15) is 17.8 Å². The van der Waals surface area contributed by atoms with Crippen molar-refractivity contribution in [3.63, 3.8) is 0 Å². The van der Waals surface area contributed by atoms with Crippen molar-refractivity contribution >= 4 is 17.3 Å². The average molecular weight is 200 g/mol. The number of carbonyl (C=O) groups is 1. The summed E-state index contributed by atoms with van der Waals surface area (Å²) >= 11 is 1.29. The van der Waals surface area contributed by atoms with Crippen molar-refractivity contribution in [2.75, 3.05) is 13.7 Å². The van der Waals surface area contributed by atoms with Crippen molar-refractivity contribution in [2.45, 2.75) is 19.8 Å². The van der Waals surface area contributed by atoms with Crippen LogP contribution in [0.4, 0.5) is 0 Å². The van der Waals surface area contributed by atoms with E-state index in [4.69, 9.17) is 4.74 Å². The summed E-state index contributed by atoms with van der Waals surface area (Å²) in [5, 5.41) is 0.777. The molecule has 0 aromatic carbocycles. The third kappa shape index (κ3) is 3.20. The molecule has 0 saturated heterocycles. The normalized spacial score (nSPS) is 10.3. The van der Waals surface area contributed by atoms with Gasteiger partial charge in [0.15, 0.2) is 5.78 Å². The van der Waals surface area contributed by atoms with Crippen molar-refractivity contribution in [1.29, 1.82) is 0 Å². The van der Waals surface area contributed by atoms with Gasteiger partial charge in [0.2, 0.25) is 0 Å². The molecule has 5 heteroatoms. The van der Waals surface area contributed by atoms with Crippen LogP contribution in [0.2, 0.25) is 0 Å². The number of rotatable bonds is 5. The Morgan fingerprint density at radius 1 is 1.62 bits per heavy atom. The molecule has 13 heavy (non-hydrogen) atoms. The summed E-state index contributed by atoms with van der Waals surface area (Å²) in [7, 11) is 1.51. The molecule has 1 aromatic rings. The SMILES string of the molecule is CCc1nsc(CC(=O)COC)n1. The Bertz CT molecular complexity index is 285. The Kier molecular flexibility index (Phi) is 3.98. The summed E-state index contributed by atoms with van der Waals surface area (Å²) in [6, 6.07) is 0. The molecule has 0 bridgehead atoms. The predicted molar refractivity (Wildman–Crippen MR) is 49.9 cm³/mol. The van der Waals surface area contributed by atoms with Gasteiger partial charge in [-0.3, -0.25) is 4.79 Å². The Balaban J connectivity index is 2.49. The highest BCUT2D eigenvalue weighted by atomic mass is 32.1. The zero-order chi connectivity index (χ0) is 9.68. The monoisotopic (exact) mass is 200 g/mol. The number of hydrogen-bond donors (Lipinski definition) is 0. The number of methoxy groups -OCH3 is 1. The standard InChI is InChI=1S/C8H12N2O2S/c1-3-7-9-8(13-10-7)4-6(11)5-12-2/h3-5H2,1-2H3. The van der Waals surface area contributed by atoms with E-state index < -0.39 is 0 Å². The van der Waals surface area contributed by atoms with Gasteiger partial charge in [-0.1, -0.05) is 6.92 Å². The van der Waals surface area contributed by atoms with Crippen LogP contribution in [0, 0.1) is 0 Å². The second-order valence-electron chi connectivity index (χ2n) is 2.61. The second kappa shape index (κ2) is 5.04. The fourth-order valence-electron chi connectivity index (χ4n) is 0.886. The average Bonchev–Trinajstić information content (AvgIpc) is 2.52. The number of aromatic nitrogens is 2. The number of ketones is 1. The molecule has 0 aliphatic heterocycles. The van der Waals surface area contributed by atoms with Crippen LogP contribution >= 0.6 is 11.5 Å². The van der Waals surface area contributed by atoms with Crippen LogP contribution in [0.15, 0.2) is 0 Å². The minimum atomic E-state index is 0.0429. The molecule has 0 radical (unpaired) electrons. The van der Waals surface area contributed by atoms with E-state index in [1.807, 2.05) is 6.92 Å². The van der Waals surface area contributed by atoms with Gasteiger partial charge in [0.25, 0.3) is 0 Å². The van der Waals surface area contributed by atoms with Gasteiger partial charge in [-0.25, -0.2) is 4.98 Å². The maximum Gasteiger partial charge on any atom is 0.165 e. The molecule has 0 unspecified atom stereocenters. The zero-order valence-electron chi connectivity index (χ0n) is 7.74. The highest BCUT2D eigenvalue weighted by molar-refractivity contribution is 7.05. The van der Waals surface area contributed by atoms with Gasteiger partial charge in [-0.05, 0) is 11.5 Å². The number of hydrogen-bond acceptors (Lipinski definition) is 5. The second-order valence-corrected chi connectivity index (χ2v) is 3.44. The molecule has 1 heterocycles. The quantitative estimate of drug-likeness (QED) is 0.707. The van der Waals surface area contributed by atoms with Crippen molar-refractivity contribution in [1.82, 2.24) is 9.36 Å². The van der Waals surface area contributed by atoms with Gasteiger partial charge >= 0.3 is 0 Å².